The van der Waals surface area contributed by atoms with Crippen LogP contribution in [0.15, 0.2) is 24.3 Å². The van der Waals surface area contributed by atoms with E-state index in [9.17, 15) is 9.59 Å². The van der Waals surface area contributed by atoms with Crippen molar-refractivity contribution in [2.24, 2.45) is 0 Å². The molecule has 0 saturated heterocycles. The van der Waals surface area contributed by atoms with Crippen LogP contribution in [-0.4, -0.2) is 21.7 Å². The molecule has 3 nitrogen and oxygen atoms in total. The molecule has 0 amide bonds. The molecular weight excluding hydrogens is 284 g/mol. The van der Waals surface area contributed by atoms with Crippen LogP contribution < -0.4 is 0 Å². The van der Waals surface area contributed by atoms with Gasteiger partial charge in [0, 0.05) is 11.6 Å². The number of carbonyl (C=O) groups is 2. The molecule has 17 heavy (non-hydrogen) atoms. The zero-order valence-corrected chi connectivity index (χ0v) is 11.2. The first kappa shape index (κ1) is 13.6. The van der Waals surface area contributed by atoms with Gasteiger partial charge < -0.3 is 5.11 Å². The van der Waals surface area contributed by atoms with Crippen molar-refractivity contribution in [3.05, 3.63) is 41.0 Å². The fraction of sp³-hybridized carbons (Fsp3) is 0.231. The Hall–Kier alpha value is -1.42. The molecule has 0 heterocycles. The molecule has 0 aliphatic rings. The van der Waals surface area contributed by atoms with Gasteiger partial charge in [0.1, 0.15) is 0 Å². The fourth-order valence-corrected chi connectivity index (χ4v) is 1.71. The number of carboxylic acids is 1. The molecule has 0 bridgehead atoms. The molecule has 1 N–H and O–H groups in total. The summed E-state index contributed by atoms with van der Waals surface area (Å²) >= 11 is 3.23. The summed E-state index contributed by atoms with van der Waals surface area (Å²) in [6.07, 6.45) is 2.53. The fourth-order valence-electron chi connectivity index (χ4n) is 1.45. The first-order valence-electron chi connectivity index (χ1n) is 5.11. The molecule has 0 spiro atoms. The minimum absolute atomic E-state index is 0.0151. The Morgan fingerprint density at radius 2 is 2.00 bits per heavy atom. The van der Waals surface area contributed by atoms with Gasteiger partial charge >= 0.3 is 5.97 Å². The third-order valence-corrected chi connectivity index (χ3v) is 2.58. The lowest BCUT2D eigenvalue weighted by Crippen LogP contribution is -2.10. The quantitative estimate of drug-likeness (QED) is 0.528. The normalized spacial score (nSPS) is 12.6. The van der Waals surface area contributed by atoms with E-state index in [1.807, 2.05) is 13.0 Å². The number of carboxylic acid groups (broad SMARTS) is 1. The van der Waals surface area contributed by atoms with Crippen molar-refractivity contribution in [2.75, 3.05) is 0 Å². The standard InChI is InChI=1S/C13H13BrO3/c1-8-5-10(3-4-12(15)16)7-11(6-8)13(17)9(2)14/h3-7,9H,1-2H3,(H,15,16)/b4-3+. The molecule has 4 heteroatoms. The van der Waals surface area contributed by atoms with E-state index < -0.39 is 5.97 Å². The van der Waals surface area contributed by atoms with Crippen LogP contribution in [0, 0.1) is 6.92 Å². The van der Waals surface area contributed by atoms with Crippen molar-refractivity contribution in [3.8, 4) is 0 Å². The predicted molar refractivity (Wildman–Crippen MR) is 70.6 cm³/mol. The van der Waals surface area contributed by atoms with Gasteiger partial charge in [0.05, 0.1) is 4.83 Å². The van der Waals surface area contributed by atoms with Gasteiger partial charge in [-0.25, -0.2) is 4.79 Å². The van der Waals surface area contributed by atoms with Crippen molar-refractivity contribution >= 4 is 33.8 Å². The Kier molecular flexibility index (Phi) is 4.63. The number of halogens is 1. The number of hydrogen-bond donors (Lipinski definition) is 1. The summed E-state index contributed by atoms with van der Waals surface area (Å²) in [4.78, 5) is 22.0. The minimum atomic E-state index is -1.01. The smallest absolute Gasteiger partial charge is 0.328 e. The molecule has 0 aliphatic carbocycles. The zero-order valence-electron chi connectivity index (χ0n) is 9.61. The van der Waals surface area contributed by atoms with Gasteiger partial charge in [-0.2, -0.15) is 0 Å². The molecule has 0 radical (unpaired) electrons. The third kappa shape index (κ3) is 4.15. The minimum Gasteiger partial charge on any atom is -0.478 e. The number of Topliss-reactive ketones (excluding diaryl/α,β-unsaturated/α-hetero) is 1. The van der Waals surface area contributed by atoms with Crippen LogP contribution in [0.25, 0.3) is 6.08 Å². The van der Waals surface area contributed by atoms with Crippen molar-refractivity contribution in [1.29, 1.82) is 0 Å². The summed E-state index contributed by atoms with van der Waals surface area (Å²) in [5.41, 5.74) is 2.22. The molecule has 90 valence electrons. The molecule has 1 aromatic carbocycles. The van der Waals surface area contributed by atoms with Crippen LogP contribution >= 0.6 is 15.9 Å². The first-order valence-corrected chi connectivity index (χ1v) is 6.02. The summed E-state index contributed by atoms with van der Waals surface area (Å²) in [5, 5.41) is 8.55. The maximum absolute atomic E-state index is 11.8. The van der Waals surface area contributed by atoms with E-state index >= 15 is 0 Å². The van der Waals surface area contributed by atoms with E-state index in [-0.39, 0.29) is 10.6 Å². The zero-order chi connectivity index (χ0) is 13.0. The Morgan fingerprint density at radius 1 is 1.35 bits per heavy atom. The van der Waals surface area contributed by atoms with Crippen molar-refractivity contribution in [3.63, 3.8) is 0 Å². The number of aliphatic carboxylic acids is 1. The van der Waals surface area contributed by atoms with E-state index in [0.717, 1.165) is 11.6 Å². The van der Waals surface area contributed by atoms with E-state index in [0.29, 0.717) is 11.1 Å². The maximum atomic E-state index is 11.8. The number of ketones is 1. The van der Waals surface area contributed by atoms with Gasteiger partial charge in [-0.05, 0) is 43.2 Å². The van der Waals surface area contributed by atoms with E-state index in [4.69, 9.17) is 5.11 Å². The highest BCUT2D eigenvalue weighted by molar-refractivity contribution is 9.10. The Balaban J connectivity index is 3.10. The number of aryl methyl sites for hydroxylation is 1. The first-order chi connectivity index (χ1) is 7.90. The highest BCUT2D eigenvalue weighted by atomic mass is 79.9. The molecular formula is C13H13BrO3. The van der Waals surface area contributed by atoms with Crippen molar-refractivity contribution in [1.82, 2.24) is 0 Å². The van der Waals surface area contributed by atoms with Gasteiger partial charge in [-0.3, -0.25) is 4.79 Å². The van der Waals surface area contributed by atoms with E-state index in [2.05, 4.69) is 15.9 Å². The molecule has 0 fully saturated rings. The Morgan fingerprint density at radius 3 is 2.53 bits per heavy atom. The van der Waals surface area contributed by atoms with E-state index in [1.165, 1.54) is 6.08 Å². The van der Waals surface area contributed by atoms with Crippen LogP contribution in [0.3, 0.4) is 0 Å². The average Bonchev–Trinajstić information content (AvgIpc) is 2.24. The highest BCUT2D eigenvalue weighted by Crippen LogP contribution is 2.15. The lowest BCUT2D eigenvalue weighted by Gasteiger charge is -2.05. The topological polar surface area (TPSA) is 54.4 Å². The summed E-state index contributed by atoms with van der Waals surface area (Å²) in [6, 6.07) is 5.31. The SMILES string of the molecule is Cc1cc(/C=C/C(=O)O)cc(C(=O)C(C)Br)c1. The lowest BCUT2D eigenvalue weighted by molar-refractivity contribution is -0.131. The van der Waals surface area contributed by atoms with Crippen LogP contribution in [-0.2, 0) is 4.79 Å². The molecule has 0 aromatic heterocycles. The van der Waals surface area contributed by atoms with Gasteiger partial charge in [-0.15, -0.1) is 0 Å². The molecule has 1 unspecified atom stereocenters. The van der Waals surface area contributed by atoms with Crippen LogP contribution in [0.2, 0.25) is 0 Å². The van der Waals surface area contributed by atoms with Gasteiger partial charge in [0.2, 0.25) is 0 Å². The van der Waals surface area contributed by atoms with Crippen LogP contribution in [0.4, 0.5) is 0 Å². The second-order valence-corrected chi connectivity index (χ2v) is 5.16. The summed E-state index contributed by atoms with van der Waals surface area (Å²) in [7, 11) is 0. The maximum Gasteiger partial charge on any atom is 0.328 e. The summed E-state index contributed by atoms with van der Waals surface area (Å²) < 4.78 is 0. The molecule has 0 aliphatic heterocycles. The van der Waals surface area contributed by atoms with Crippen molar-refractivity contribution in [2.45, 2.75) is 18.7 Å². The number of rotatable bonds is 4. The van der Waals surface area contributed by atoms with Gasteiger partial charge in [-0.1, -0.05) is 22.0 Å². The van der Waals surface area contributed by atoms with Gasteiger partial charge in [0.25, 0.3) is 0 Å². The number of carbonyl (C=O) groups excluding carboxylic acids is 1. The van der Waals surface area contributed by atoms with Gasteiger partial charge in [0.15, 0.2) is 5.78 Å². The number of hydrogen-bond acceptors (Lipinski definition) is 2. The van der Waals surface area contributed by atoms with E-state index in [1.54, 1.807) is 19.1 Å². The summed E-state index contributed by atoms with van der Waals surface area (Å²) in [5.74, 6) is -1.02. The lowest BCUT2D eigenvalue weighted by atomic mass is 10.0. The largest absolute Gasteiger partial charge is 0.478 e. The number of alkyl halides is 1. The summed E-state index contributed by atoms with van der Waals surface area (Å²) in [6.45, 7) is 3.63. The average molecular weight is 297 g/mol. The second kappa shape index (κ2) is 5.77. The Labute approximate surface area is 108 Å². The molecule has 1 atom stereocenters. The third-order valence-electron chi connectivity index (χ3n) is 2.16. The van der Waals surface area contributed by atoms with Crippen LogP contribution in [0.5, 0.6) is 0 Å². The predicted octanol–water partition coefficient (Wildman–Crippen LogP) is 3.06. The monoisotopic (exact) mass is 296 g/mol. The van der Waals surface area contributed by atoms with Crippen molar-refractivity contribution < 1.29 is 14.7 Å². The molecule has 1 aromatic rings. The Bertz CT molecular complexity index is 476. The van der Waals surface area contributed by atoms with Crippen LogP contribution in [0.1, 0.15) is 28.4 Å². The second-order valence-electron chi connectivity index (χ2n) is 3.78. The number of benzene rings is 1. The molecule has 1 rings (SSSR count). The highest BCUT2D eigenvalue weighted by Gasteiger charge is 2.12. The molecule has 0 saturated carbocycles.